The minimum Gasteiger partial charge on any atom is -0.330 e. The molecule has 1 fully saturated rings. The maximum absolute atomic E-state index is 6.06. The lowest BCUT2D eigenvalue weighted by molar-refractivity contribution is 0.163. The van der Waals surface area contributed by atoms with Crippen molar-refractivity contribution in [1.82, 2.24) is 0 Å². The fourth-order valence-electron chi connectivity index (χ4n) is 2.97. The first kappa shape index (κ1) is 12.6. The maximum Gasteiger partial charge on any atom is -0.00173 e. The molecule has 0 saturated heterocycles. The van der Waals surface area contributed by atoms with Crippen LogP contribution in [0.3, 0.4) is 0 Å². The van der Waals surface area contributed by atoms with Gasteiger partial charge in [0, 0.05) is 0 Å². The molecule has 17 heavy (non-hydrogen) atoms. The predicted molar refractivity (Wildman–Crippen MR) is 74.0 cm³/mol. The second-order valence-corrected chi connectivity index (χ2v) is 6.05. The van der Waals surface area contributed by atoms with E-state index in [9.17, 15) is 0 Å². The molecule has 0 bridgehead atoms. The van der Waals surface area contributed by atoms with E-state index in [0.717, 1.165) is 18.9 Å². The van der Waals surface area contributed by atoms with Crippen LogP contribution in [0.15, 0.2) is 24.3 Å². The standard InChI is InChI=1S/C16H25N/c1-13-3-5-15(6-4-13)11-16(12-17)9-7-14(2)8-10-16/h3-6,14H,7-12,17H2,1-2H3. The fourth-order valence-corrected chi connectivity index (χ4v) is 2.97. The lowest BCUT2D eigenvalue weighted by Gasteiger charge is -2.39. The third-order valence-corrected chi connectivity index (χ3v) is 4.47. The zero-order valence-electron chi connectivity index (χ0n) is 11.2. The molecule has 0 aromatic heterocycles. The molecule has 0 heterocycles. The first-order valence-electron chi connectivity index (χ1n) is 6.89. The molecule has 0 unspecified atom stereocenters. The van der Waals surface area contributed by atoms with E-state index >= 15 is 0 Å². The summed E-state index contributed by atoms with van der Waals surface area (Å²) in [6, 6.07) is 8.96. The molecule has 1 aromatic rings. The zero-order chi connectivity index (χ0) is 12.3. The van der Waals surface area contributed by atoms with E-state index in [1.54, 1.807) is 0 Å². The second-order valence-electron chi connectivity index (χ2n) is 6.05. The highest BCUT2D eigenvalue weighted by Gasteiger charge is 2.32. The number of hydrogen-bond acceptors (Lipinski definition) is 1. The Morgan fingerprint density at radius 2 is 1.76 bits per heavy atom. The van der Waals surface area contributed by atoms with E-state index in [1.807, 2.05) is 0 Å². The van der Waals surface area contributed by atoms with Gasteiger partial charge in [0.15, 0.2) is 0 Å². The monoisotopic (exact) mass is 231 g/mol. The number of rotatable bonds is 3. The number of hydrogen-bond donors (Lipinski definition) is 1. The first-order valence-corrected chi connectivity index (χ1v) is 6.89. The van der Waals surface area contributed by atoms with Crippen LogP contribution in [0.1, 0.15) is 43.7 Å². The first-order chi connectivity index (χ1) is 8.13. The van der Waals surface area contributed by atoms with Crippen molar-refractivity contribution < 1.29 is 0 Å². The van der Waals surface area contributed by atoms with Crippen LogP contribution < -0.4 is 5.73 Å². The molecule has 0 spiro atoms. The van der Waals surface area contributed by atoms with Gasteiger partial charge in [-0.05, 0) is 49.6 Å². The summed E-state index contributed by atoms with van der Waals surface area (Å²) in [5.74, 6) is 0.896. The summed E-state index contributed by atoms with van der Waals surface area (Å²) in [4.78, 5) is 0. The van der Waals surface area contributed by atoms with Gasteiger partial charge in [0.25, 0.3) is 0 Å². The van der Waals surface area contributed by atoms with E-state index in [2.05, 4.69) is 38.1 Å². The van der Waals surface area contributed by atoms with E-state index in [1.165, 1.54) is 36.8 Å². The molecule has 1 aliphatic rings. The largest absolute Gasteiger partial charge is 0.330 e. The fraction of sp³-hybridized carbons (Fsp3) is 0.625. The van der Waals surface area contributed by atoms with Crippen molar-refractivity contribution in [2.45, 2.75) is 46.0 Å². The SMILES string of the molecule is Cc1ccc(CC2(CN)CCC(C)CC2)cc1. The number of benzene rings is 1. The van der Waals surface area contributed by atoms with E-state index < -0.39 is 0 Å². The Hall–Kier alpha value is -0.820. The van der Waals surface area contributed by atoms with Gasteiger partial charge in [-0.15, -0.1) is 0 Å². The van der Waals surface area contributed by atoms with Crippen LogP contribution >= 0.6 is 0 Å². The third kappa shape index (κ3) is 3.10. The average Bonchev–Trinajstić information content (AvgIpc) is 2.35. The topological polar surface area (TPSA) is 26.0 Å². The maximum atomic E-state index is 6.06. The minimum absolute atomic E-state index is 0.377. The van der Waals surface area contributed by atoms with Crippen molar-refractivity contribution in [2.75, 3.05) is 6.54 Å². The molecule has 1 aromatic carbocycles. The third-order valence-electron chi connectivity index (χ3n) is 4.47. The number of nitrogens with two attached hydrogens (primary N) is 1. The van der Waals surface area contributed by atoms with Crippen molar-refractivity contribution in [3.8, 4) is 0 Å². The van der Waals surface area contributed by atoms with Gasteiger partial charge in [-0.3, -0.25) is 0 Å². The number of aryl methyl sites for hydroxylation is 1. The van der Waals surface area contributed by atoms with Gasteiger partial charge in [-0.2, -0.15) is 0 Å². The summed E-state index contributed by atoms with van der Waals surface area (Å²) in [7, 11) is 0. The van der Waals surface area contributed by atoms with Crippen molar-refractivity contribution >= 4 is 0 Å². The van der Waals surface area contributed by atoms with Crippen LogP contribution in [0.2, 0.25) is 0 Å². The van der Waals surface area contributed by atoms with Crippen molar-refractivity contribution in [1.29, 1.82) is 0 Å². The van der Waals surface area contributed by atoms with E-state index in [4.69, 9.17) is 5.73 Å². The minimum atomic E-state index is 0.377. The van der Waals surface area contributed by atoms with Gasteiger partial charge in [-0.25, -0.2) is 0 Å². The lowest BCUT2D eigenvalue weighted by atomic mass is 9.68. The summed E-state index contributed by atoms with van der Waals surface area (Å²) in [6.45, 7) is 5.35. The van der Waals surface area contributed by atoms with Crippen LogP contribution in [-0.2, 0) is 6.42 Å². The summed E-state index contributed by atoms with van der Waals surface area (Å²) in [6.07, 6.45) is 6.47. The van der Waals surface area contributed by atoms with Gasteiger partial charge < -0.3 is 5.73 Å². The van der Waals surface area contributed by atoms with Crippen LogP contribution in [0.4, 0.5) is 0 Å². The van der Waals surface area contributed by atoms with Crippen LogP contribution in [-0.4, -0.2) is 6.54 Å². The Morgan fingerprint density at radius 3 is 2.29 bits per heavy atom. The predicted octanol–water partition coefficient (Wildman–Crippen LogP) is 3.69. The Morgan fingerprint density at radius 1 is 1.18 bits per heavy atom. The highest BCUT2D eigenvalue weighted by Crippen LogP contribution is 2.40. The molecule has 2 N–H and O–H groups in total. The van der Waals surface area contributed by atoms with Gasteiger partial charge >= 0.3 is 0 Å². The molecule has 94 valence electrons. The van der Waals surface area contributed by atoms with Gasteiger partial charge in [0.2, 0.25) is 0 Å². The van der Waals surface area contributed by atoms with Crippen molar-refractivity contribution in [2.24, 2.45) is 17.1 Å². The Kier molecular flexibility index (Phi) is 3.88. The lowest BCUT2D eigenvalue weighted by Crippen LogP contribution is -2.36. The van der Waals surface area contributed by atoms with Crippen molar-refractivity contribution in [3.63, 3.8) is 0 Å². The molecule has 0 amide bonds. The highest BCUT2D eigenvalue weighted by molar-refractivity contribution is 5.22. The quantitative estimate of drug-likeness (QED) is 0.843. The van der Waals surface area contributed by atoms with E-state index in [0.29, 0.717) is 5.41 Å². The van der Waals surface area contributed by atoms with Crippen LogP contribution in [0.5, 0.6) is 0 Å². The molecule has 1 nitrogen and oxygen atoms in total. The summed E-state index contributed by atoms with van der Waals surface area (Å²) in [5.41, 5.74) is 9.23. The molecule has 0 atom stereocenters. The second kappa shape index (κ2) is 5.22. The molecular formula is C16H25N. The van der Waals surface area contributed by atoms with E-state index in [-0.39, 0.29) is 0 Å². The van der Waals surface area contributed by atoms with Crippen LogP contribution in [0.25, 0.3) is 0 Å². The molecule has 1 aliphatic carbocycles. The Labute approximate surface area is 105 Å². The molecule has 0 radical (unpaired) electrons. The smallest absolute Gasteiger partial charge is 0.00173 e. The normalized spacial score (nSPS) is 29.2. The summed E-state index contributed by atoms with van der Waals surface area (Å²) in [5, 5.41) is 0. The van der Waals surface area contributed by atoms with Gasteiger partial charge in [0.05, 0.1) is 0 Å². The summed E-state index contributed by atoms with van der Waals surface area (Å²) < 4.78 is 0. The summed E-state index contributed by atoms with van der Waals surface area (Å²) >= 11 is 0. The highest BCUT2D eigenvalue weighted by atomic mass is 14.6. The molecule has 1 saturated carbocycles. The Balaban J connectivity index is 2.06. The van der Waals surface area contributed by atoms with Gasteiger partial charge in [0.1, 0.15) is 0 Å². The zero-order valence-corrected chi connectivity index (χ0v) is 11.2. The Bertz CT molecular complexity index is 344. The molecular weight excluding hydrogens is 206 g/mol. The molecule has 2 rings (SSSR count). The molecule has 1 heteroatoms. The molecule has 0 aliphatic heterocycles. The average molecular weight is 231 g/mol. The van der Waals surface area contributed by atoms with Crippen molar-refractivity contribution in [3.05, 3.63) is 35.4 Å². The van der Waals surface area contributed by atoms with Gasteiger partial charge in [-0.1, -0.05) is 49.6 Å². The van der Waals surface area contributed by atoms with Crippen LogP contribution in [0, 0.1) is 18.3 Å².